The van der Waals surface area contributed by atoms with Crippen molar-refractivity contribution in [2.75, 3.05) is 18.4 Å². The second kappa shape index (κ2) is 9.30. The van der Waals surface area contributed by atoms with Gasteiger partial charge in [-0.3, -0.25) is 9.63 Å². The summed E-state index contributed by atoms with van der Waals surface area (Å²) in [5.74, 6) is -1.29. The fourth-order valence-corrected chi connectivity index (χ4v) is 5.93. The molecule has 39 heavy (non-hydrogen) atoms. The van der Waals surface area contributed by atoms with Crippen LogP contribution in [0.4, 0.5) is 5.69 Å². The fraction of sp³-hybridized carbons (Fsp3) is 0.296. The molecule has 1 unspecified atom stereocenters. The van der Waals surface area contributed by atoms with Gasteiger partial charge in [0.1, 0.15) is 11.5 Å². The first kappa shape index (κ1) is 25.8. The third-order valence-electron chi connectivity index (χ3n) is 6.51. The lowest BCUT2D eigenvalue weighted by Crippen LogP contribution is -2.45. The molecule has 5 heterocycles. The number of hydrogen-bond acceptors (Lipinski definition) is 8. The van der Waals surface area contributed by atoms with E-state index in [0.717, 1.165) is 16.6 Å². The molecule has 0 aliphatic carbocycles. The summed E-state index contributed by atoms with van der Waals surface area (Å²) in [6.07, 6.45) is 1.62. The van der Waals surface area contributed by atoms with Crippen LogP contribution < -0.4 is 5.32 Å². The first-order valence-corrected chi connectivity index (χ1v) is 13.5. The van der Waals surface area contributed by atoms with Crippen LogP contribution in [-0.4, -0.2) is 55.6 Å². The normalized spacial score (nSPS) is 17.9. The number of halogens is 1. The van der Waals surface area contributed by atoms with Gasteiger partial charge in [-0.15, -0.1) is 0 Å². The Balaban J connectivity index is 1.36. The number of aryl methyl sites for hydroxylation is 1. The number of ketones is 1. The van der Waals surface area contributed by atoms with E-state index >= 15 is 0 Å². The second-order valence-electron chi connectivity index (χ2n) is 10.6. The molecule has 0 amide bonds. The minimum Gasteiger partial charge on any atom is -0.477 e. The maximum atomic E-state index is 13.5. The molecule has 1 atom stereocenters. The summed E-state index contributed by atoms with van der Waals surface area (Å²) in [4.78, 5) is 42.1. The molecule has 1 aromatic carbocycles. The largest absolute Gasteiger partial charge is 0.477 e. The number of hydrogen-bond donors (Lipinski definition) is 4. The van der Waals surface area contributed by atoms with Gasteiger partial charge in [-0.05, 0) is 69.3 Å². The van der Waals surface area contributed by atoms with Gasteiger partial charge in [0, 0.05) is 28.1 Å². The molecular formula is C27H26ClN5O5S. The average Bonchev–Trinajstić information content (AvgIpc) is 3.55. The third-order valence-corrected chi connectivity index (χ3v) is 7.72. The topological polar surface area (TPSA) is 136 Å². The van der Waals surface area contributed by atoms with Crippen molar-refractivity contribution >= 4 is 51.8 Å². The van der Waals surface area contributed by atoms with Gasteiger partial charge in [-0.1, -0.05) is 11.6 Å². The number of fused-ring (bicyclic) bond motifs is 2. The number of carboxylic acid groups (broad SMARTS) is 1. The Hall–Kier alpha value is -3.51. The summed E-state index contributed by atoms with van der Waals surface area (Å²) >= 11 is 7.57. The number of carbonyl (C=O) groups excluding carboxylic acids is 1. The minimum atomic E-state index is -1.10. The number of furan rings is 1. The van der Waals surface area contributed by atoms with Crippen molar-refractivity contribution in [3.63, 3.8) is 0 Å². The summed E-state index contributed by atoms with van der Waals surface area (Å²) in [6.45, 7) is 8.02. The van der Waals surface area contributed by atoms with Crippen LogP contribution >= 0.6 is 23.4 Å². The zero-order valence-corrected chi connectivity index (χ0v) is 23.2. The Morgan fingerprint density at radius 3 is 2.82 bits per heavy atom. The van der Waals surface area contributed by atoms with Crippen LogP contribution in [0.3, 0.4) is 0 Å². The number of carbonyl (C=O) groups is 2. The molecule has 6 rings (SSSR count). The van der Waals surface area contributed by atoms with E-state index in [0.29, 0.717) is 50.1 Å². The van der Waals surface area contributed by atoms with E-state index in [-0.39, 0.29) is 18.0 Å². The molecule has 12 heteroatoms. The number of anilines is 1. The Bertz CT molecular complexity index is 1640. The van der Waals surface area contributed by atoms with Gasteiger partial charge in [0.2, 0.25) is 0 Å². The van der Waals surface area contributed by atoms with Crippen molar-refractivity contribution in [3.8, 4) is 0 Å². The molecule has 10 nitrogen and oxygen atoms in total. The van der Waals surface area contributed by atoms with Gasteiger partial charge in [0.15, 0.2) is 16.0 Å². The van der Waals surface area contributed by atoms with Crippen LogP contribution in [-0.2, 0) is 9.63 Å². The second-order valence-corrected chi connectivity index (χ2v) is 12.0. The van der Waals surface area contributed by atoms with Crippen molar-refractivity contribution < 1.29 is 24.0 Å². The molecule has 0 saturated carbocycles. The zero-order valence-electron chi connectivity index (χ0n) is 21.6. The Morgan fingerprint density at radius 2 is 2.08 bits per heavy atom. The number of H-pyrrole nitrogens is 2. The van der Waals surface area contributed by atoms with Crippen LogP contribution in [0, 0.1) is 6.92 Å². The first-order valence-electron chi connectivity index (χ1n) is 12.3. The van der Waals surface area contributed by atoms with Crippen molar-refractivity contribution in [3.05, 3.63) is 69.3 Å². The number of carboxylic acids is 1. The number of nitrogens with one attached hydrogen (secondary N) is 3. The maximum absolute atomic E-state index is 13.5. The number of rotatable bonds is 5. The zero-order chi connectivity index (χ0) is 27.6. The molecule has 2 aliphatic rings. The fourth-order valence-electron chi connectivity index (χ4n) is 5.00. The molecule has 0 fully saturated rings. The smallest absolute Gasteiger partial charge is 0.354 e. The number of aromatic amines is 2. The lowest BCUT2D eigenvalue weighted by atomic mass is 9.81. The molecular weight excluding hydrogens is 542 g/mol. The van der Waals surface area contributed by atoms with E-state index in [1.165, 1.54) is 11.8 Å². The predicted octanol–water partition coefficient (Wildman–Crippen LogP) is 5.72. The van der Waals surface area contributed by atoms with Crippen LogP contribution in [0.5, 0.6) is 0 Å². The molecule has 0 saturated heterocycles. The standard InChI is InChI=1S/C27H26ClN5O5S/c1-12-7-15-16(8-14(12)28)32-26(31-15)39-20-6-5-19(37-20)21-13-9-29-24(25(35)36)23(13)30-17-10-33(38-27(2,3)4)11-18(34)22(17)21/h5-9,21,29-30H,10-11H2,1-4H3,(H,31,32)(H,35,36). The number of benzene rings is 1. The van der Waals surface area contributed by atoms with Crippen LogP contribution in [0.25, 0.3) is 11.0 Å². The molecule has 3 aromatic heterocycles. The van der Waals surface area contributed by atoms with Crippen LogP contribution in [0.1, 0.15) is 54.1 Å². The highest BCUT2D eigenvalue weighted by molar-refractivity contribution is 7.99. The monoisotopic (exact) mass is 567 g/mol. The average molecular weight is 568 g/mol. The number of aromatic nitrogens is 3. The van der Waals surface area contributed by atoms with Gasteiger partial charge >= 0.3 is 5.97 Å². The van der Waals surface area contributed by atoms with Crippen molar-refractivity contribution in [2.45, 2.75) is 49.5 Å². The van der Waals surface area contributed by atoms with Gasteiger partial charge < -0.3 is 24.8 Å². The highest BCUT2D eigenvalue weighted by Crippen LogP contribution is 2.46. The van der Waals surface area contributed by atoms with Crippen molar-refractivity contribution in [1.82, 2.24) is 20.0 Å². The quantitative estimate of drug-likeness (QED) is 0.238. The molecule has 4 aromatic rings. The predicted molar refractivity (Wildman–Crippen MR) is 146 cm³/mol. The Morgan fingerprint density at radius 1 is 1.28 bits per heavy atom. The molecule has 0 radical (unpaired) electrons. The number of Topliss-reactive ketones (excluding diaryl/α,β-unsaturated/α-hetero) is 1. The summed E-state index contributed by atoms with van der Waals surface area (Å²) in [5, 5.41) is 16.4. The molecule has 202 valence electrons. The maximum Gasteiger partial charge on any atom is 0.354 e. The van der Waals surface area contributed by atoms with Crippen molar-refractivity contribution in [1.29, 1.82) is 0 Å². The highest BCUT2D eigenvalue weighted by atomic mass is 35.5. The lowest BCUT2D eigenvalue weighted by Gasteiger charge is -2.38. The van der Waals surface area contributed by atoms with Gasteiger partial charge in [-0.2, -0.15) is 5.06 Å². The number of nitrogens with zero attached hydrogens (tertiary/aromatic N) is 2. The van der Waals surface area contributed by atoms with Gasteiger partial charge in [-0.25, -0.2) is 9.78 Å². The number of aromatic carboxylic acids is 1. The van der Waals surface area contributed by atoms with E-state index in [2.05, 4.69) is 20.3 Å². The van der Waals surface area contributed by atoms with E-state index in [9.17, 15) is 14.7 Å². The van der Waals surface area contributed by atoms with Gasteiger partial charge in [0.05, 0.1) is 41.3 Å². The third kappa shape index (κ3) is 4.76. The summed E-state index contributed by atoms with van der Waals surface area (Å²) in [5.41, 5.74) is 4.25. The summed E-state index contributed by atoms with van der Waals surface area (Å²) < 4.78 is 6.26. The van der Waals surface area contributed by atoms with Gasteiger partial charge in [0.25, 0.3) is 0 Å². The molecule has 0 spiro atoms. The van der Waals surface area contributed by atoms with E-state index < -0.39 is 17.5 Å². The number of imidazole rings is 1. The Labute approximate surface area is 232 Å². The molecule has 4 N–H and O–H groups in total. The van der Waals surface area contributed by atoms with E-state index in [1.807, 2.05) is 52.0 Å². The summed E-state index contributed by atoms with van der Waals surface area (Å²) in [6, 6.07) is 7.40. The van der Waals surface area contributed by atoms with Crippen molar-refractivity contribution in [2.24, 2.45) is 0 Å². The highest BCUT2D eigenvalue weighted by Gasteiger charge is 2.42. The van der Waals surface area contributed by atoms with Crippen LogP contribution in [0.2, 0.25) is 5.02 Å². The summed E-state index contributed by atoms with van der Waals surface area (Å²) in [7, 11) is 0. The Kier molecular flexibility index (Phi) is 6.14. The molecule has 0 bridgehead atoms. The first-order chi connectivity index (χ1) is 18.5. The van der Waals surface area contributed by atoms with E-state index in [1.54, 1.807) is 11.3 Å². The van der Waals surface area contributed by atoms with E-state index in [4.69, 9.17) is 20.9 Å². The molecule has 2 aliphatic heterocycles. The SMILES string of the molecule is Cc1cc2[nH]c(Sc3ccc(C4C5=C(CN(OC(C)(C)C)CC5=O)Nc5c4c[nH]c5C(=O)O)o3)nc2cc1Cl. The lowest BCUT2D eigenvalue weighted by molar-refractivity contribution is -0.223. The minimum absolute atomic E-state index is 0.0141. The number of hydroxylamine groups is 2. The van der Waals surface area contributed by atoms with Crippen LogP contribution in [0.15, 0.2) is 56.4 Å².